The van der Waals surface area contributed by atoms with E-state index in [-0.39, 0.29) is 11.5 Å². The zero-order valence-corrected chi connectivity index (χ0v) is 16.3. The monoisotopic (exact) mass is 407 g/mol. The summed E-state index contributed by atoms with van der Waals surface area (Å²) >= 11 is 1.45. The van der Waals surface area contributed by atoms with Crippen molar-refractivity contribution in [1.82, 2.24) is 4.98 Å². The number of carbonyl (C=O) groups is 1. The number of fused-ring (bicyclic) bond motifs is 1. The molecule has 1 aromatic heterocycles. The summed E-state index contributed by atoms with van der Waals surface area (Å²) in [5, 5.41) is 12.0. The second-order valence-electron chi connectivity index (χ2n) is 6.91. The molecule has 0 radical (unpaired) electrons. The molecule has 6 nitrogen and oxygen atoms in total. The first-order valence-electron chi connectivity index (χ1n) is 9.17. The number of nitrogens with zero attached hydrogens (tertiary/aromatic N) is 3. The Kier molecular flexibility index (Phi) is 5.07. The van der Waals surface area contributed by atoms with Gasteiger partial charge in [-0.3, -0.25) is 4.79 Å². The van der Waals surface area contributed by atoms with Crippen molar-refractivity contribution < 1.29 is 9.18 Å². The summed E-state index contributed by atoms with van der Waals surface area (Å²) in [5.41, 5.74) is 7.63. The number of carbonyl (C=O) groups excluding carboxylic acids is 1. The minimum Gasteiger partial charge on any atom is -0.378 e. The molecular formula is C21H18FN5OS. The maximum absolute atomic E-state index is 14.9. The van der Waals surface area contributed by atoms with Gasteiger partial charge in [0, 0.05) is 23.2 Å². The summed E-state index contributed by atoms with van der Waals surface area (Å²) in [6.07, 6.45) is 5.95. The smallest absolute Gasteiger partial charge is 0.274 e. The highest BCUT2D eigenvalue weighted by molar-refractivity contribution is 8.14. The van der Waals surface area contributed by atoms with Crippen LogP contribution in [0.2, 0.25) is 0 Å². The van der Waals surface area contributed by atoms with E-state index in [1.54, 1.807) is 6.07 Å². The van der Waals surface area contributed by atoms with Gasteiger partial charge < -0.3 is 11.1 Å². The Morgan fingerprint density at radius 1 is 1.34 bits per heavy atom. The molecule has 0 saturated carbocycles. The van der Waals surface area contributed by atoms with E-state index in [0.29, 0.717) is 34.2 Å². The molecule has 0 unspecified atom stereocenters. The molecule has 0 spiro atoms. The molecular weight excluding hydrogens is 389 g/mol. The lowest BCUT2D eigenvalue weighted by atomic mass is 9.75. The Labute approximate surface area is 171 Å². The van der Waals surface area contributed by atoms with Crippen LogP contribution in [-0.4, -0.2) is 21.8 Å². The van der Waals surface area contributed by atoms with Crippen LogP contribution >= 0.6 is 11.8 Å². The molecule has 2 heterocycles. The number of hydrogen-bond donors (Lipinski definition) is 2. The first-order chi connectivity index (χ1) is 14.0. The van der Waals surface area contributed by atoms with E-state index in [2.05, 4.69) is 21.4 Å². The normalized spacial score (nSPS) is 20.7. The predicted octanol–water partition coefficient (Wildman–Crippen LogP) is 3.71. The van der Waals surface area contributed by atoms with Gasteiger partial charge in [0.1, 0.15) is 23.1 Å². The molecule has 2 aromatic rings. The van der Waals surface area contributed by atoms with Gasteiger partial charge in [-0.1, -0.05) is 17.8 Å². The fourth-order valence-corrected chi connectivity index (χ4v) is 4.60. The van der Waals surface area contributed by atoms with Crippen LogP contribution in [0.4, 0.5) is 10.1 Å². The van der Waals surface area contributed by atoms with Crippen molar-refractivity contribution in [2.24, 2.45) is 10.7 Å². The zero-order chi connectivity index (χ0) is 20.4. The Bertz CT molecular complexity index is 1070. The van der Waals surface area contributed by atoms with Crippen molar-refractivity contribution in [2.75, 3.05) is 11.1 Å². The third-order valence-corrected chi connectivity index (χ3v) is 5.98. The number of benzene rings is 1. The van der Waals surface area contributed by atoms with Gasteiger partial charge in [-0.15, -0.1) is 0 Å². The van der Waals surface area contributed by atoms with Crippen LogP contribution < -0.4 is 11.1 Å². The van der Waals surface area contributed by atoms with Crippen LogP contribution in [0.3, 0.4) is 0 Å². The summed E-state index contributed by atoms with van der Waals surface area (Å²) < 4.78 is 14.9. The SMILES string of the molecule is N#Cc1ccc(C(=O)Nc2ccc(F)c([C@]34CCCC=C3CSC(N)=N4)c2)nc1. The molecule has 1 atom stereocenters. The van der Waals surface area contributed by atoms with Gasteiger partial charge in [0.15, 0.2) is 5.17 Å². The highest BCUT2D eigenvalue weighted by atomic mass is 32.2. The number of anilines is 1. The molecule has 29 heavy (non-hydrogen) atoms. The summed E-state index contributed by atoms with van der Waals surface area (Å²) in [6.45, 7) is 0. The van der Waals surface area contributed by atoms with Crippen LogP contribution in [-0.2, 0) is 5.54 Å². The minimum atomic E-state index is -0.814. The first-order valence-corrected chi connectivity index (χ1v) is 10.2. The number of rotatable bonds is 3. The number of amides is 1. The maximum atomic E-state index is 14.9. The summed E-state index contributed by atoms with van der Waals surface area (Å²) in [5.74, 6) is -0.137. The van der Waals surface area contributed by atoms with Gasteiger partial charge in [-0.2, -0.15) is 5.26 Å². The van der Waals surface area contributed by atoms with Gasteiger partial charge in [-0.05, 0) is 55.2 Å². The number of nitrogens with two attached hydrogens (primary N) is 1. The molecule has 2 aliphatic rings. The minimum absolute atomic E-state index is 0.169. The lowest BCUT2D eigenvalue weighted by molar-refractivity contribution is 0.102. The Balaban J connectivity index is 1.68. The van der Waals surface area contributed by atoms with Crippen LogP contribution in [0.5, 0.6) is 0 Å². The summed E-state index contributed by atoms with van der Waals surface area (Å²) in [4.78, 5) is 21.2. The predicted molar refractivity (Wildman–Crippen MR) is 111 cm³/mol. The second-order valence-corrected chi connectivity index (χ2v) is 7.91. The molecule has 3 N–H and O–H groups in total. The Morgan fingerprint density at radius 3 is 2.97 bits per heavy atom. The van der Waals surface area contributed by atoms with Crippen LogP contribution in [0.25, 0.3) is 0 Å². The molecule has 0 saturated heterocycles. The summed E-state index contributed by atoms with van der Waals surface area (Å²) in [7, 11) is 0. The van der Waals surface area contributed by atoms with E-state index in [4.69, 9.17) is 11.0 Å². The van der Waals surface area contributed by atoms with E-state index in [0.717, 1.165) is 18.4 Å². The number of hydrogen-bond acceptors (Lipinski definition) is 6. The van der Waals surface area contributed by atoms with E-state index < -0.39 is 11.4 Å². The van der Waals surface area contributed by atoms with Crippen molar-refractivity contribution >= 4 is 28.5 Å². The molecule has 1 aliphatic carbocycles. The van der Waals surface area contributed by atoms with Crippen LogP contribution in [0, 0.1) is 17.1 Å². The molecule has 1 amide bonds. The van der Waals surface area contributed by atoms with Crippen LogP contribution in [0.1, 0.15) is 40.9 Å². The quantitative estimate of drug-likeness (QED) is 0.755. The lowest BCUT2D eigenvalue weighted by Gasteiger charge is -2.39. The maximum Gasteiger partial charge on any atom is 0.274 e. The van der Waals surface area contributed by atoms with Crippen molar-refractivity contribution in [2.45, 2.75) is 24.8 Å². The topological polar surface area (TPSA) is 104 Å². The van der Waals surface area contributed by atoms with Crippen molar-refractivity contribution in [3.63, 3.8) is 0 Å². The molecule has 0 fully saturated rings. The number of amidine groups is 1. The third kappa shape index (κ3) is 3.61. The number of aromatic nitrogens is 1. The molecule has 0 bridgehead atoms. The van der Waals surface area contributed by atoms with Gasteiger partial charge in [0.2, 0.25) is 0 Å². The van der Waals surface area contributed by atoms with Gasteiger partial charge in [0.25, 0.3) is 5.91 Å². The third-order valence-electron chi connectivity index (χ3n) is 5.14. The van der Waals surface area contributed by atoms with E-state index in [1.807, 2.05) is 6.07 Å². The largest absolute Gasteiger partial charge is 0.378 e. The van der Waals surface area contributed by atoms with Gasteiger partial charge in [-0.25, -0.2) is 14.4 Å². The van der Waals surface area contributed by atoms with Gasteiger partial charge >= 0.3 is 0 Å². The average Bonchev–Trinajstić information content (AvgIpc) is 2.74. The zero-order valence-electron chi connectivity index (χ0n) is 15.5. The number of nitrogens with one attached hydrogen (secondary N) is 1. The van der Waals surface area contributed by atoms with E-state index in [9.17, 15) is 9.18 Å². The number of nitriles is 1. The first kappa shape index (κ1) is 19.2. The second kappa shape index (κ2) is 7.68. The highest BCUT2D eigenvalue weighted by Crippen LogP contribution is 2.47. The molecule has 146 valence electrons. The number of halogens is 1. The van der Waals surface area contributed by atoms with E-state index >= 15 is 0 Å². The Morgan fingerprint density at radius 2 is 2.21 bits per heavy atom. The molecule has 8 heteroatoms. The molecule has 1 aromatic carbocycles. The average molecular weight is 407 g/mol. The highest BCUT2D eigenvalue weighted by Gasteiger charge is 2.42. The number of allylic oxidation sites excluding steroid dienone is 1. The fourth-order valence-electron chi connectivity index (χ4n) is 3.72. The fraction of sp³-hybridized carbons (Fsp3) is 0.238. The van der Waals surface area contributed by atoms with Crippen molar-refractivity contribution in [3.05, 3.63) is 70.8 Å². The van der Waals surface area contributed by atoms with Gasteiger partial charge in [0.05, 0.1) is 5.56 Å². The lowest BCUT2D eigenvalue weighted by Crippen LogP contribution is -2.36. The van der Waals surface area contributed by atoms with E-state index in [1.165, 1.54) is 42.2 Å². The Hall–Kier alpha value is -3.18. The number of aliphatic imine (C=N–C) groups is 1. The van der Waals surface area contributed by atoms with Crippen molar-refractivity contribution in [1.29, 1.82) is 5.26 Å². The molecule has 1 aliphatic heterocycles. The van der Waals surface area contributed by atoms with Crippen LogP contribution in [0.15, 0.2) is 53.2 Å². The molecule has 4 rings (SSSR count). The standard InChI is InChI=1S/C21H18FN5OS/c22-17-6-5-15(26-19(28)18-7-4-13(10-23)11-25-18)9-16(17)21-8-2-1-3-14(21)12-29-20(24)27-21/h3-7,9,11H,1-2,8,12H2,(H2,24,27)(H,26,28)/t21-/m0/s1. The summed E-state index contributed by atoms with van der Waals surface area (Å²) in [6, 6.07) is 9.43. The van der Waals surface area contributed by atoms with Crippen molar-refractivity contribution in [3.8, 4) is 6.07 Å². The number of pyridine rings is 1. The number of thioether (sulfide) groups is 1.